The Hall–Kier alpha value is -1.85. The first-order valence-electron chi connectivity index (χ1n) is 6.41. The fourth-order valence-corrected chi connectivity index (χ4v) is 2.16. The predicted octanol–water partition coefficient (Wildman–Crippen LogP) is 1.29. The average Bonchev–Trinajstić information content (AvgIpc) is 3.29. The Bertz CT molecular complexity index is 631. The number of nitrogens with zero attached hydrogens (tertiary/aromatic N) is 4. The third kappa shape index (κ3) is 1.68. The summed E-state index contributed by atoms with van der Waals surface area (Å²) in [4.78, 5) is 16.4. The zero-order valence-electron chi connectivity index (χ0n) is 9.95. The van der Waals surface area contributed by atoms with Crippen LogP contribution in [0, 0.1) is 0 Å². The number of imidazole rings is 1. The van der Waals surface area contributed by atoms with E-state index in [1.807, 2.05) is 6.20 Å². The molecule has 18 heavy (non-hydrogen) atoms. The van der Waals surface area contributed by atoms with Gasteiger partial charge < -0.3 is 4.52 Å². The van der Waals surface area contributed by atoms with E-state index in [9.17, 15) is 4.79 Å². The summed E-state index contributed by atoms with van der Waals surface area (Å²) >= 11 is 0. The van der Waals surface area contributed by atoms with Crippen LogP contribution in [0.2, 0.25) is 0 Å². The number of hydrogen-bond acceptors (Lipinski definition) is 4. The molecule has 4 rings (SSSR count). The monoisotopic (exact) mass is 246 g/mol. The molecule has 94 valence electrons. The van der Waals surface area contributed by atoms with Gasteiger partial charge in [-0.05, 0) is 25.7 Å². The highest BCUT2D eigenvalue weighted by Crippen LogP contribution is 2.38. The van der Waals surface area contributed by atoms with Gasteiger partial charge in [-0.3, -0.25) is 9.13 Å². The Kier molecular flexibility index (Phi) is 2.00. The second-order valence-corrected chi connectivity index (χ2v) is 5.17. The first-order valence-corrected chi connectivity index (χ1v) is 6.41. The molecule has 2 heterocycles. The van der Waals surface area contributed by atoms with E-state index in [1.54, 1.807) is 15.3 Å². The van der Waals surface area contributed by atoms with Crippen LogP contribution < -0.4 is 5.69 Å². The Morgan fingerprint density at radius 2 is 2.11 bits per heavy atom. The number of rotatable bonds is 4. The smallest absolute Gasteiger partial charge is 0.328 e. The molecule has 2 aliphatic rings. The van der Waals surface area contributed by atoms with E-state index >= 15 is 0 Å². The topological polar surface area (TPSA) is 65.8 Å². The first kappa shape index (κ1) is 10.1. The lowest BCUT2D eigenvalue weighted by Crippen LogP contribution is -2.23. The molecular formula is C12H14N4O2. The molecule has 6 heteroatoms. The molecule has 0 radical (unpaired) electrons. The average molecular weight is 246 g/mol. The first-order chi connectivity index (χ1) is 8.81. The molecule has 2 aliphatic carbocycles. The summed E-state index contributed by atoms with van der Waals surface area (Å²) in [6, 6.07) is 0.406. The van der Waals surface area contributed by atoms with Crippen LogP contribution >= 0.6 is 0 Å². The molecule has 0 bridgehead atoms. The van der Waals surface area contributed by atoms with Crippen LogP contribution in [0.15, 0.2) is 21.7 Å². The van der Waals surface area contributed by atoms with E-state index in [4.69, 9.17) is 4.52 Å². The van der Waals surface area contributed by atoms with E-state index < -0.39 is 0 Å². The van der Waals surface area contributed by atoms with Gasteiger partial charge in [-0.15, -0.1) is 0 Å². The molecule has 2 aromatic rings. The maximum absolute atomic E-state index is 12.0. The highest BCUT2D eigenvalue weighted by molar-refractivity contribution is 5.03. The van der Waals surface area contributed by atoms with Gasteiger partial charge in [-0.2, -0.15) is 4.98 Å². The minimum atomic E-state index is 0.0173. The fraction of sp³-hybridized carbons (Fsp3) is 0.583. The largest absolute Gasteiger partial charge is 0.337 e. The van der Waals surface area contributed by atoms with E-state index in [0.29, 0.717) is 24.4 Å². The zero-order valence-corrected chi connectivity index (χ0v) is 9.95. The van der Waals surface area contributed by atoms with Gasteiger partial charge in [0.2, 0.25) is 5.89 Å². The molecule has 0 aliphatic heterocycles. The summed E-state index contributed by atoms with van der Waals surface area (Å²) < 4.78 is 8.60. The molecule has 0 N–H and O–H groups in total. The van der Waals surface area contributed by atoms with Crippen molar-refractivity contribution >= 4 is 0 Å². The summed E-state index contributed by atoms with van der Waals surface area (Å²) in [5.74, 6) is 1.79. The molecule has 2 aromatic heterocycles. The molecule has 0 saturated heterocycles. The van der Waals surface area contributed by atoms with E-state index in [1.165, 1.54) is 0 Å². The second-order valence-electron chi connectivity index (χ2n) is 5.17. The van der Waals surface area contributed by atoms with Gasteiger partial charge in [0.05, 0.1) is 0 Å². The highest BCUT2D eigenvalue weighted by atomic mass is 16.5. The van der Waals surface area contributed by atoms with Gasteiger partial charge in [0.15, 0.2) is 5.82 Å². The Morgan fingerprint density at radius 1 is 1.28 bits per heavy atom. The van der Waals surface area contributed by atoms with E-state index in [0.717, 1.165) is 31.5 Å². The van der Waals surface area contributed by atoms with Gasteiger partial charge in [-0.1, -0.05) is 5.16 Å². The lowest BCUT2D eigenvalue weighted by atomic mass is 10.4. The molecule has 6 nitrogen and oxygen atoms in total. The summed E-state index contributed by atoms with van der Waals surface area (Å²) in [6.45, 7) is 0.373. The molecule has 0 atom stereocenters. The summed E-state index contributed by atoms with van der Waals surface area (Å²) in [5.41, 5.74) is 0.0173. The molecule has 0 spiro atoms. The fourth-order valence-electron chi connectivity index (χ4n) is 2.16. The summed E-state index contributed by atoms with van der Waals surface area (Å²) in [7, 11) is 0. The van der Waals surface area contributed by atoms with Crippen molar-refractivity contribution in [2.75, 3.05) is 0 Å². The Labute approximate surface area is 103 Å². The molecule has 0 amide bonds. The quantitative estimate of drug-likeness (QED) is 0.815. The van der Waals surface area contributed by atoms with Crippen molar-refractivity contribution in [1.82, 2.24) is 19.3 Å². The van der Waals surface area contributed by atoms with Crippen LogP contribution in [-0.4, -0.2) is 19.3 Å². The van der Waals surface area contributed by atoms with Gasteiger partial charge in [0.25, 0.3) is 0 Å². The Balaban J connectivity index is 1.57. The van der Waals surface area contributed by atoms with E-state index in [-0.39, 0.29) is 5.69 Å². The van der Waals surface area contributed by atoms with E-state index in [2.05, 4.69) is 10.1 Å². The molecule has 0 aromatic carbocycles. The van der Waals surface area contributed by atoms with Gasteiger partial charge >= 0.3 is 5.69 Å². The normalized spacial score (nSPS) is 19.3. The zero-order chi connectivity index (χ0) is 12.1. The maximum atomic E-state index is 12.0. The maximum Gasteiger partial charge on any atom is 0.328 e. The van der Waals surface area contributed by atoms with Crippen molar-refractivity contribution in [1.29, 1.82) is 0 Å². The van der Waals surface area contributed by atoms with Crippen LogP contribution in [-0.2, 0) is 6.54 Å². The van der Waals surface area contributed by atoms with Crippen LogP contribution in [0.4, 0.5) is 0 Å². The van der Waals surface area contributed by atoms with Crippen LogP contribution in [0.25, 0.3) is 0 Å². The standard InChI is InChI=1S/C12H14N4O2/c17-12-15(5-6-16(12)9-3-4-9)7-10-13-11(14-18-10)8-1-2-8/h5-6,8-9H,1-4,7H2. The van der Waals surface area contributed by atoms with Crippen molar-refractivity contribution in [2.24, 2.45) is 0 Å². The third-order valence-corrected chi connectivity index (χ3v) is 3.55. The molecule has 0 unspecified atom stereocenters. The predicted molar refractivity (Wildman–Crippen MR) is 62.3 cm³/mol. The van der Waals surface area contributed by atoms with Gasteiger partial charge in [0, 0.05) is 24.4 Å². The highest BCUT2D eigenvalue weighted by Gasteiger charge is 2.29. The molecular weight excluding hydrogens is 232 g/mol. The van der Waals surface area contributed by atoms with Crippen LogP contribution in [0.5, 0.6) is 0 Å². The number of aromatic nitrogens is 4. The van der Waals surface area contributed by atoms with Gasteiger partial charge in [-0.25, -0.2) is 4.79 Å². The SMILES string of the molecule is O=c1n(Cc2nc(C3CC3)no2)ccn1C1CC1. The lowest BCUT2D eigenvalue weighted by molar-refractivity contribution is 0.364. The number of hydrogen-bond donors (Lipinski definition) is 0. The van der Waals surface area contributed by atoms with Crippen molar-refractivity contribution in [3.63, 3.8) is 0 Å². The van der Waals surface area contributed by atoms with Crippen LogP contribution in [0.3, 0.4) is 0 Å². The third-order valence-electron chi connectivity index (χ3n) is 3.55. The second kappa shape index (κ2) is 3.57. The minimum Gasteiger partial charge on any atom is -0.337 e. The van der Waals surface area contributed by atoms with Crippen molar-refractivity contribution in [3.05, 3.63) is 34.6 Å². The van der Waals surface area contributed by atoms with Crippen molar-refractivity contribution in [3.8, 4) is 0 Å². The Morgan fingerprint density at radius 3 is 2.83 bits per heavy atom. The van der Waals surface area contributed by atoms with Crippen molar-refractivity contribution in [2.45, 2.75) is 44.2 Å². The van der Waals surface area contributed by atoms with Gasteiger partial charge in [0.1, 0.15) is 6.54 Å². The van der Waals surface area contributed by atoms with Crippen LogP contribution in [0.1, 0.15) is 49.4 Å². The molecule has 2 fully saturated rings. The summed E-state index contributed by atoms with van der Waals surface area (Å²) in [5, 5.41) is 3.95. The molecule has 2 saturated carbocycles. The lowest BCUT2D eigenvalue weighted by Gasteiger charge is -1.96. The minimum absolute atomic E-state index is 0.0173. The summed E-state index contributed by atoms with van der Waals surface area (Å²) in [6.07, 6.45) is 8.15. The van der Waals surface area contributed by atoms with Crippen molar-refractivity contribution < 1.29 is 4.52 Å².